The molecule has 4 aromatic rings. The lowest BCUT2D eigenvalue weighted by molar-refractivity contribution is -0.137. The SMILES string of the molecule is O=C(Nc1cnc(-n2nccn2)c(Cl)c1)c1nn2c(c1C(F)(F)F)-c1ccccc1CC2. The molecule has 162 valence electrons. The smallest absolute Gasteiger partial charge is 0.319 e. The topological polar surface area (TPSA) is 90.5 Å². The minimum absolute atomic E-state index is 0.105. The predicted octanol–water partition coefficient (Wildman–Crippen LogP) is 4.01. The van der Waals surface area contributed by atoms with Gasteiger partial charge < -0.3 is 5.32 Å². The van der Waals surface area contributed by atoms with Crippen molar-refractivity contribution in [3.8, 4) is 17.1 Å². The third kappa shape index (κ3) is 3.40. The molecular formula is C20H13ClF3N7O. The monoisotopic (exact) mass is 459 g/mol. The molecule has 0 aliphatic carbocycles. The van der Waals surface area contributed by atoms with Crippen molar-refractivity contribution in [2.24, 2.45) is 0 Å². The molecule has 32 heavy (non-hydrogen) atoms. The minimum Gasteiger partial charge on any atom is -0.319 e. The summed E-state index contributed by atoms with van der Waals surface area (Å²) < 4.78 is 43.4. The van der Waals surface area contributed by atoms with Crippen LogP contribution in [0.1, 0.15) is 21.6 Å². The van der Waals surface area contributed by atoms with Gasteiger partial charge in [-0.25, -0.2) is 4.98 Å². The van der Waals surface area contributed by atoms with E-state index in [4.69, 9.17) is 11.6 Å². The molecule has 1 N–H and O–H groups in total. The Morgan fingerprint density at radius 3 is 2.62 bits per heavy atom. The fraction of sp³-hybridized carbons (Fsp3) is 0.150. The van der Waals surface area contributed by atoms with Gasteiger partial charge >= 0.3 is 6.18 Å². The Hall–Kier alpha value is -3.73. The van der Waals surface area contributed by atoms with E-state index in [9.17, 15) is 18.0 Å². The van der Waals surface area contributed by atoms with E-state index in [0.29, 0.717) is 12.0 Å². The van der Waals surface area contributed by atoms with Crippen molar-refractivity contribution < 1.29 is 18.0 Å². The van der Waals surface area contributed by atoms with Crippen LogP contribution in [0, 0.1) is 0 Å². The van der Waals surface area contributed by atoms with Gasteiger partial charge in [-0.15, -0.1) is 4.80 Å². The summed E-state index contributed by atoms with van der Waals surface area (Å²) >= 11 is 6.18. The van der Waals surface area contributed by atoms with Gasteiger partial charge in [0.1, 0.15) is 5.56 Å². The van der Waals surface area contributed by atoms with Gasteiger partial charge in [-0.1, -0.05) is 35.9 Å². The van der Waals surface area contributed by atoms with Crippen LogP contribution in [-0.4, -0.2) is 35.7 Å². The number of aromatic nitrogens is 6. The summed E-state index contributed by atoms with van der Waals surface area (Å²) in [5.74, 6) is -0.806. The molecular weight excluding hydrogens is 447 g/mol. The number of pyridine rings is 1. The number of amides is 1. The van der Waals surface area contributed by atoms with E-state index in [-0.39, 0.29) is 28.8 Å². The molecule has 0 saturated carbocycles. The average molecular weight is 460 g/mol. The first kappa shape index (κ1) is 20.2. The van der Waals surface area contributed by atoms with E-state index in [2.05, 4.69) is 25.6 Å². The van der Waals surface area contributed by atoms with Crippen molar-refractivity contribution in [1.82, 2.24) is 29.8 Å². The molecule has 1 amide bonds. The van der Waals surface area contributed by atoms with E-state index in [1.165, 1.54) is 34.1 Å². The lowest BCUT2D eigenvalue weighted by Gasteiger charge is -2.19. The number of rotatable bonds is 3. The number of nitrogens with zero attached hydrogens (tertiary/aromatic N) is 6. The highest BCUT2D eigenvalue weighted by atomic mass is 35.5. The van der Waals surface area contributed by atoms with Crippen molar-refractivity contribution >= 4 is 23.2 Å². The van der Waals surface area contributed by atoms with Gasteiger partial charge in [-0.2, -0.15) is 28.5 Å². The number of anilines is 1. The van der Waals surface area contributed by atoms with Gasteiger partial charge in [0.05, 0.1) is 35.0 Å². The predicted molar refractivity (Wildman–Crippen MR) is 108 cm³/mol. The Morgan fingerprint density at radius 1 is 1.16 bits per heavy atom. The first-order valence-electron chi connectivity index (χ1n) is 9.43. The standard InChI is InChI=1S/C20H13ClF3N7O/c21-14-9-12(10-25-18(14)31-26-6-7-27-31)28-19(32)16-15(20(22,23)24)17-13-4-2-1-3-11(13)5-8-30(17)29-16/h1-4,6-7,9-10H,5,8H2,(H,28,32). The second-order valence-electron chi connectivity index (χ2n) is 7.00. The number of aryl methyl sites for hydroxylation is 2. The van der Waals surface area contributed by atoms with Gasteiger partial charge in [0.15, 0.2) is 11.5 Å². The summed E-state index contributed by atoms with van der Waals surface area (Å²) in [5, 5.41) is 14.3. The molecule has 0 unspecified atom stereocenters. The van der Waals surface area contributed by atoms with Crippen LogP contribution in [0.25, 0.3) is 17.1 Å². The second kappa shape index (κ2) is 7.45. The maximum Gasteiger partial charge on any atom is 0.420 e. The molecule has 3 aromatic heterocycles. The van der Waals surface area contributed by atoms with Crippen LogP contribution in [-0.2, 0) is 19.1 Å². The molecule has 1 aromatic carbocycles. The Morgan fingerprint density at radius 2 is 1.91 bits per heavy atom. The van der Waals surface area contributed by atoms with Crippen LogP contribution in [0.2, 0.25) is 5.02 Å². The van der Waals surface area contributed by atoms with Crippen molar-refractivity contribution in [1.29, 1.82) is 0 Å². The number of hydrogen-bond acceptors (Lipinski definition) is 5. The molecule has 0 saturated heterocycles. The fourth-order valence-corrected chi connectivity index (χ4v) is 3.92. The number of alkyl halides is 3. The molecule has 0 fully saturated rings. The largest absolute Gasteiger partial charge is 0.420 e. The van der Waals surface area contributed by atoms with Gasteiger partial charge in [-0.05, 0) is 18.1 Å². The molecule has 0 atom stereocenters. The molecule has 5 rings (SSSR count). The number of carbonyl (C=O) groups is 1. The third-order valence-corrected chi connectivity index (χ3v) is 5.28. The van der Waals surface area contributed by atoms with Gasteiger partial charge in [0.25, 0.3) is 5.91 Å². The lowest BCUT2D eigenvalue weighted by Crippen LogP contribution is -2.19. The Kier molecular flexibility index (Phi) is 4.70. The number of hydrogen-bond donors (Lipinski definition) is 1. The molecule has 0 spiro atoms. The van der Waals surface area contributed by atoms with Crippen molar-refractivity contribution in [3.63, 3.8) is 0 Å². The van der Waals surface area contributed by atoms with Crippen LogP contribution in [0.4, 0.5) is 18.9 Å². The summed E-state index contributed by atoms with van der Waals surface area (Å²) in [6.45, 7) is 0.238. The second-order valence-corrected chi connectivity index (χ2v) is 7.41. The van der Waals surface area contributed by atoms with Crippen LogP contribution in [0.15, 0.2) is 48.9 Å². The number of fused-ring (bicyclic) bond motifs is 3. The summed E-state index contributed by atoms with van der Waals surface area (Å²) in [7, 11) is 0. The average Bonchev–Trinajstić information content (AvgIpc) is 3.41. The summed E-state index contributed by atoms with van der Waals surface area (Å²) in [5.41, 5.74) is -0.595. The number of carbonyl (C=O) groups excluding carboxylic acids is 1. The van der Waals surface area contributed by atoms with Crippen LogP contribution in [0.3, 0.4) is 0 Å². The van der Waals surface area contributed by atoms with E-state index in [1.54, 1.807) is 24.3 Å². The Bertz CT molecular complexity index is 1330. The van der Waals surface area contributed by atoms with Gasteiger partial charge in [-0.3, -0.25) is 9.48 Å². The Balaban J connectivity index is 1.53. The molecule has 8 nitrogen and oxygen atoms in total. The zero-order valence-corrected chi connectivity index (χ0v) is 16.9. The van der Waals surface area contributed by atoms with E-state index in [1.807, 2.05) is 0 Å². The lowest BCUT2D eigenvalue weighted by atomic mass is 9.95. The highest BCUT2D eigenvalue weighted by Gasteiger charge is 2.43. The van der Waals surface area contributed by atoms with Crippen molar-refractivity contribution in [2.45, 2.75) is 19.1 Å². The normalized spacial score (nSPS) is 12.9. The molecule has 0 bridgehead atoms. The molecule has 12 heteroatoms. The zero-order valence-electron chi connectivity index (χ0n) is 16.1. The molecule has 4 heterocycles. The highest BCUT2D eigenvalue weighted by Crippen LogP contribution is 2.42. The maximum atomic E-state index is 14.1. The van der Waals surface area contributed by atoms with Crippen LogP contribution < -0.4 is 5.32 Å². The van der Waals surface area contributed by atoms with E-state index in [0.717, 1.165) is 5.56 Å². The number of nitrogens with one attached hydrogen (secondary N) is 1. The third-order valence-electron chi connectivity index (χ3n) is 5.00. The minimum atomic E-state index is -4.78. The number of benzene rings is 1. The summed E-state index contributed by atoms with van der Waals surface area (Å²) in [4.78, 5) is 18.1. The summed E-state index contributed by atoms with van der Waals surface area (Å²) in [6.07, 6.45) is -0.140. The Labute approximate surface area is 183 Å². The van der Waals surface area contributed by atoms with E-state index >= 15 is 0 Å². The van der Waals surface area contributed by atoms with Crippen molar-refractivity contribution in [2.75, 3.05) is 5.32 Å². The first-order valence-corrected chi connectivity index (χ1v) is 9.80. The first-order chi connectivity index (χ1) is 15.3. The highest BCUT2D eigenvalue weighted by molar-refractivity contribution is 6.32. The quantitative estimate of drug-likeness (QED) is 0.500. The maximum absolute atomic E-state index is 14.1. The zero-order chi connectivity index (χ0) is 22.5. The molecule has 1 aliphatic rings. The fourth-order valence-electron chi connectivity index (χ4n) is 3.68. The van der Waals surface area contributed by atoms with E-state index < -0.39 is 23.3 Å². The molecule has 0 radical (unpaired) electrons. The summed E-state index contributed by atoms with van der Waals surface area (Å²) in [6, 6.07) is 8.15. The molecule has 1 aliphatic heterocycles. The van der Waals surface area contributed by atoms with Gasteiger partial charge in [0.2, 0.25) is 0 Å². The van der Waals surface area contributed by atoms with Crippen LogP contribution >= 0.6 is 11.6 Å². The van der Waals surface area contributed by atoms with Crippen LogP contribution in [0.5, 0.6) is 0 Å². The van der Waals surface area contributed by atoms with Crippen molar-refractivity contribution in [3.05, 3.63) is 70.8 Å². The number of halogens is 4. The van der Waals surface area contributed by atoms with Gasteiger partial charge in [0, 0.05) is 12.1 Å².